The van der Waals surface area contributed by atoms with Crippen LogP contribution in [0.4, 0.5) is 0 Å². The van der Waals surface area contributed by atoms with Crippen LogP contribution < -0.4 is 0 Å². The van der Waals surface area contributed by atoms with Gasteiger partial charge in [-0.3, -0.25) is 4.79 Å². The molecular weight excluding hydrogens is 188 g/mol. The van der Waals surface area contributed by atoms with Crippen molar-refractivity contribution in [1.29, 1.82) is 0 Å². The average molecular weight is 206 g/mol. The summed E-state index contributed by atoms with van der Waals surface area (Å²) in [5, 5.41) is 0. The zero-order chi connectivity index (χ0) is 11.3. The zero-order valence-electron chi connectivity index (χ0n) is 9.57. The molecule has 0 amide bonds. The van der Waals surface area contributed by atoms with Gasteiger partial charge in [0, 0.05) is 12.5 Å². The number of ketones is 1. The summed E-state index contributed by atoms with van der Waals surface area (Å²) < 4.78 is 5.47. The van der Waals surface area contributed by atoms with Crippen LogP contribution in [0.3, 0.4) is 0 Å². The molecule has 82 valence electrons. The van der Waals surface area contributed by atoms with E-state index in [1.54, 1.807) is 6.92 Å². The molecule has 1 aromatic carbocycles. The maximum absolute atomic E-state index is 11.4. The van der Waals surface area contributed by atoms with Crippen molar-refractivity contribution >= 4 is 5.78 Å². The summed E-state index contributed by atoms with van der Waals surface area (Å²) in [6.45, 7) is 6.09. The predicted octanol–water partition coefficient (Wildman–Crippen LogP) is 2.78. The molecule has 0 aliphatic heterocycles. The first-order valence-electron chi connectivity index (χ1n) is 5.33. The van der Waals surface area contributed by atoms with Crippen LogP contribution in [-0.2, 0) is 9.53 Å². The summed E-state index contributed by atoms with van der Waals surface area (Å²) >= 11 is 0. The van der Waals surface area contributed by atoms with Crippen LogP contribution in [0.15, 0.2) is 30.3 Å². The van der Waals surface area contributed by atoms with Gasteiger partial charge >= 0.3 is 0 Å². The second-order valence-electron chi connectivity index (χ2n) is 3.69. The molecule has 0 saturated carbocycles. The van der Waals surface area contributed by atoms with E-state index >= 15 is 0 Å². The van der Waals surface area contributed by atoms with E-state index in [2.05, 4.69) is 0 Å². The van der Waals surface area contributed by atoms with Crippen molar-refractivity contribution in [3.8, 4) is 0 Å². The summed E-state index contributed by atoms with van der Waals surface area (Å²) in [5.41, 5.74) is 1.14. The molecule has 0 spiro atoms. The third-order valence-corrected chi connectivity index (χ3v) is 2.53. The number of ether oxygens (including phenoxy) is 1. The van der Waals surface area contributed by atoms with Crippen molar-refractivity contribution in [1.82, 2.24) is 0 Å². The van der Waals surface area contributed by atoms with Gasteiger partial charge in [0.1, 0.15) is 6.10 Å². The number of carbonyl (C=O) groups excluding carboxylic acids is 1. The number of rotatable bonds is 5. The molecule has 0 fully saturated rings. The Morgan fingerprint density at radius 1 is 1.33 bits per heavy atom. The van der Waals surface area contributed by atoms with Gasteiger partial charge in [0.25, 0.3) is 0 Å². The number of carbonyl (C=O) groups is 1. The van der Waals surface area contributed by atoms with E-state index in [4.69, 9.17) is 4.74 Å². The first-order chi connectivity index (χ1) is 7.16. The molecule has 0 aliphatic rings. The smallest absolute Gasteiger partial charge is 0.159 e. The van der Waals surface area contributed by atoms with Crippen LogP contribution in [0.2, 0.25) is 0 Å². The van der Waals surface area contributed by atoms with Gasteiger partial charge in [-0.2, -0.15) is 0 Å². The number of hydrogen-bond donors (Lipinski definition) is 0. The molecule has 15 heavy (non-hydrogen) atoms. The fraction of sp³-hybridized carbons (Fsp3) is 0.462. The Labute approximate surface area is 91.3 Å². The molecular formula is C13H18O2. The first-order valence-corrected chi connectivity index (χ1v) is 5.33. The van der Waals surface area contributed by atoms with Gasteiger partial charge in [-0.25, -0.2) is 0 Å². The molecule has 0 N–H and O–H groups in total. The highest BCUT2D eigenvalue weighted by atomic mass is 16.5. The highest BCUT2D eigenvalue weighted by Crippen LogP contribution is 2.21. The summed E-state index contributed by atoms with van der Waals surface area (Å²) in [7, 11) is 0. The highest BCUT2D eigenvalue weighted by molar-refractivity contribution is 5.81. The van der Waals surface area contributed by atoms with Crippen LogP contribution in [0.25, 0.3) is 0 Å². The fourth-order valence-electron chi connectivity index (χ4n) is 1.72. The maximum Gasteiger partial charge on any atom is 0.159 e. The molecule has 1 rings (SSSR count). The standard InChI is InChI=1S/C13H18O2/c1-4-15-13(11(3)14)10(2)12-8-6-5-7-9-12/h5-10,13H,4H2,1-3H3. The zero-order valence-corrected chi connectivity index (χ0v) is 9.57. The second-order valence-corrected chi connectivity index (χ2v) is 3.69. The van der Waals surface area contributed by atoms with E-state index in [-0.39, 0.29) is 17.8 Å². The Morgan fingerprint density at radius 2 is 1.93 bits per heavy atom. The minimum Gasteiger partial charge on any atom is -0.370 e. The van der Waals surface area contributed by atoms with E-state index < -0.39 is 0 Å². The Kier molecular flexibility index (Phi) is 4.50. The Bertz CT molecular complexity index is 306. The molecule has 0 bridgehead atoms. The van der Waals surface area contributed by atoms with Gasteiger partial charge in [0.2, 0.25) is 0 Å². The van der Waals surface area contributed by atoms with Gasteiger partial charge in [-0.1, -0.05) is 37.3 Å². The van der Waals surface area contributed by atoms with Crippen LogP contribution in [0.1, 0.15) is 32.3 Å². The lowest BCUT2D eigenvalue weighted by atomic mass is 9.93. The van der Waals surface area contributed by atoms with Gasteiger partial charge in [0.05, 0.1) is 0 Å². The summed E-state index contributed by atoms with van der Waals surface area (Å²) in [4.78, 5) is 11.4. The number of Topliss-reactive ketones (excluding diaryl/α,β-unsaturated/α-hetero) is 1. The average Bonchev–Trinajstić information content (AvgIpc) is 2.26. The van der Waals surface area contributed by atoms with E-state index in [0.29, 0.717) is 6.61 Å². The maximum atomic E-state index is 11.4. The van der Waals surface area contributed by atoms with Crippen LogP contribution in [0, 0.1) is 0 Å². The molecule has 0 saturated heterocycles. The summed E-state index contributed by atoms with van der Waals surface area (Å²) in [6.07, 6.45) is -0.322. The van der Waals surface area contributed by atoms with Crippen LogP contribution in [0.5, 0.6) is 0 Å². The third-order valence-electron chi connectivity index (χ3n) is 2.53. The quantitative estimate of drug-likeness (QED) is 0.740. The fourth-order valence-corrected chi connectivity index (χ4v) is 1.72. The van der Waals surface area contributed by atoms with Crippen molar-refractivity contribution in [2.75, 3.05) is 6.61 Å². The molecule has 0 heterocycles. The van der Waals surface area contributed by atoms with E-state index in [1.807, 2.05) is 44.2 Å². The molecule has 0 radical (unpaired) electrons. The van der Waals surface area contributed by atoms with E-state index in [0.717, 1.165) is 5.56 Å². The molecule has 1 aromatic rings. The number of benzene rings is 1. The molecule has 0 aliphatic carbocycles. The van der Waals surface area contributed by atoms with Crippen molar-refractivity contribution in [3.63, 3.8) is 0 Å². The molecule has 2 unspecified atom stereocenters. The Hall–Kier alpha value is -1.15. The number of hydrogen-bond acceptors (Lipinski definition) is 2. The van der Waals surface area contributed by atoms with Crippen molar-refractivity contribution in [2.24, 2.45) is 0 Å². The van der Waals surface area contributed by atoms with E-state index in [1.165, 1.54) is 0 Å². The molecule has 2 heteroatoms. The highest BCUT2D eigenvalue weighted by Gasteiger charge is 2.23. The summed E-state index contributed by atoms with van der Waals surface area (Å²) in [5.74, 6) is 0.205. The van der Waals surface area contributed by atoms with Gasteiger partial charge in [0.15, 0.2) is 5.78 Å². The third kappa shape index (κ3) is 3.17. The lowest BCUT2D eigenvalue weighted by Gasteiger charge is -2.21. The van der Waals surface area contributed by atoms with Crippen LogP contribution in [-0.4, -0.2) is 18.5 Å². The second kappa shape index (κ2) is 5.66. The molecule has 2 nitrogen and oxygen atoms in total. The van der Waals surface area contributed by atoms with E-state index in [9.17, 15) is 4.79 Å². The van der Waals surface area contributed by atoms with Crippen molar-refractivity contribution < 1.29 is 9.53 Å². The minimum atomic E-state index is -0.322. The normalized spacial score (nSPS) is 14.6. The lowest BCUT2D eigenvalue weighted by Crippen LogP contribution is -2.27. The predicted molar refractivity (Wildman–Crippen MR) is 61.0 cm³/mol. The lowest BCUT2D eigenvalue weighted by molar-refractivity contribution is -0.129. The van der Waals surface area contributed by atoms with Gasteiger partial charge < -0.3 is 4.74 Å². The topological polar surface area (TPSA) is 26.3 Å². The van der Waals surface area contributed by atoms with Gasteiger partial charge in [-0.15, -0.1) is 0 Å². The SMILES string of the molecule is CCOC(C(C)=O)C(C)c1ccccc1. The van der Waals surface area contributed by atoms with Crippen LogP contribution >= 0.6 is 0 Å². The molecule has 2 atom stereocenters. The summed E-state index contributed by atoms with van der Waals surface area (Å²) in [6, 6.07) is 9.99. The monoisotopic (exact) mass is 206 g/mol. The Balaban J connectivity index is 2.81. The van der Waals surface area contributed by atoms with Gasteiger partial charge in [-0.05, 0) is 19.4 Å². The minimum absolute atomic E-state index is 0.0909. The van der Waals surface area contributed by atoms with Crippen molar-refractivity contribution in [2.45, 2.75) is 32.8 Å². The largest absolute Gasteiger partial charge is 0.370 e. The Morgan fingerprint density at radius 3 is 2.40 bits per heavy atom. The molecule has 0 aromatic heterocycles. The first kappa shape index (κ1) is 11.9. The van der Waals surface area contributed by atoms with Crippen molar-refractivity contribution in [3.05, 3.63) is 35.9 Å².